The lowest BCUT2D eigenvalue weighted by molar-refractivity contribution is -0.129. The van der Waals surface area contributed by atoms with Crippen molar-refractivity contribution in [3.8, 4) is 17.2 Å². The zero-order chi connectivity index (χ0) is 14.7. The molecule has 1 aromatic rings. The number of ether oxygens (including phenoxy) is 3. The molecule has 1 aliphatic rings. The minimum absolute atomic E-state index is 0.354. The summed E-state index contributed by atoms with van der Waals surface area (Å²) in [5.74, 6) is 1.16. The first kappa shape index (κ1) is 14.4. The minimum atomic E-state index is -0.513. The van der Waals surface area contributed by atoms with Crippen LogP contribution in [0.25, 0.3) is 0 Å². The molecule has 5 heteroatoms. The third-order valence-electron chi connectivity index (χ3n) is 3.24. The second kappa shape index (κ2) is 5.96. The molecule has 0 unspecified atom stereocenters. The molecule has 0 fully saturated rings. The predicted molar refractivity (Wildman–Crippen MR) is 75.0 cm³/mol. The molecule has 0 N–H and O–H groups in total. The van der Waals surface area contributed by atoms with Crippen molar-refractivity contribution in [1.82, 2.24) is 4.90 Å². The fourth-order valence-corrected chi connectivity index (χ4v) is 2.06. The highest BCUT2D eigenvalue weighted by molar-refractivity contribution is 5.84. The van der Waals surface area contributed by atoms with Crippen molar-refractivity contribution in [1.29, 1.82) is 0 Å². The van der Waals surface area contributed by atoms with E-state index in [1.165, 1.54) is 0 Å². The van der Waals surface area contributed by atoms with Crippen molar-refractivity contribution < 1.29 is 19.0 Å². The van der Waals surface area contributed by atoms with Crippen molar-refractivity contribution in [2.45, 2.75) is 26.4 Å². The molecule has 1 aliphatic heterocycles. The van der Waals surface area contributed by atoms with Gasteiger partial charge in [0.2, 0.25) is 0 Å². The number of nitrogens with zero attached hydrogens (tertiary/aromatic N) is 1. The van der Waals surface area contributed by atoms with E-state index in [-0.39, 0.29) is 0 Å². The third kappa shape index (κ3) is 2.77. The Morgan fingerprint density at radius 1 is 1.50 bits per heavy atom. The van der Waals surface area contributed by atoms with Gasteiger partial charge in [-0.2, -0.15) is 0 Å². The lowest BCUT2D eigenvalue weighted by Crippen LogP contribution is -2.37. The Labute approximate surface area is 118 Å². The van der Waals surface area contributed by atoms with Crippen LogP contribution in [-0.2, 0) is 11.3 Å². The van der Waals surface area contributed by atoms with Crippen LogP contribution >= 0.6 is 0 Å². The lowest BCUT2D eigenvalue weighted by Gasteiger charge is -2.32. The maximum atomic E-state index is 11.4. The number of hydrogen-bond donors (Lipinski definition) is 0. The van der Waals surface area contributed by atoms with Crippen LogP contribution in [0.4, 0.5) is 0 Å². The molecular formula is C15H19NO4. The summed E-state index contributed by atoms with van der Waals surface area (Å²) in [6, 6.07) is 3.82. The molecule has 0 bridgehead atoms. The summed E-state index contributed by atoms with van der Waals surface area (Å²) < 4.78 is 16.3. The molecule has 20 heavy (non-hydrogen) atoms. The second-order valence-electron chi connectivity index (χ2n) is 4.81. The Morgan fingerprint density at radius 3 is 2.85 bits per heavy atom. The van der Waals surface area contributed by atoms with Gasteiger partial charge in [0.25, 0.3) is 0 Å². The summed E-state index contributed by atoms with van der Waals surface area (Å²) in [6.45, 7) is 8.82. The molecule has 1 aromatic carbocycles. The minimum Gasteiger partial charge on any atom is -0.492 e. The number of benzene rings is 1. The third-order valence-corrected chi connectivity index (χ3v) is 3.24. The molecule has 0 saturated carbocycles. The van der Waals surface area contributed by atoms with E-state index in [0.717, 1.165) is 17.4 Å². The van der Waals surface area contributed by atoms with E-state index in [9.17, 15) is 4.79 Å². The predicted octanol–water partition coefficient (Wildman–Crippen LogP) is 2.35. The van der Waals surface area contributed by atoms with Crippen LogP contribution in [0.3, 0.4) is 0 Å². The molecule has 108 valence electrons. The van der Waals surface area contributed by atoms with Crippen molar-refractivity contribution in [3.05, 3.63) is 30.4 Å². The Balaban J connectivity index is 2.37. The standard InChI is InChI=1S/C15H19NO4/c1-5-14(17)20-13-7-6-12-11(15(13)18-4)8-16(9-19-12)10(2)3/h5-7,10H,1,8-9H2,2-4H3. The van der Waals surface area contributed by atoms with Gasteiger partial charge in [-0.05, 0) is 26.0 Å². The van der Waals surface area contributed by atoms with Gasteiger partial charge in [0.15, 0.2) is 11.5 Å². The molecule has 0 radical (unpaired) electrons. The smallest absolute Gasteiger partial charge is 0.335 e. The topological polar surface area (TPSA) is 48.0 Å². The Kier molecular flexibility index (Phi) is 4.29. The summed E-state index contributed by atoms with van der Waals surface area (Å²) in [5, 5.41) is 0. The molecule has 1 heterocycles. The zero-order valence-electron chi connectivity index (χ0n) is 12.0. The molecule has 0 amide bonds. The number of carbonyl (C=O) groups is 1. The highest BCUT2D eigenvalue weighted by Gasteiger charge is 2.25. The molecule has 5 nitrogen and oxygen atoms in total. The van der Waals surface area contributed by atoms with Crippen LogP contribution in [0, 0.1) is 0 Å². The maximum Gasteiger partial charge on any atom is 0.335 e. The van der Waals surface area contributed by atoms with Crippen LogP contribution in [0.15, 0.2) is 24.8 Å². The van der Waals surface area contributed by atoms with E-state index in [1.807, 2.05) is 0 Å². The fourth-order valence-electron chi connectivity index (χ4n) is 2.06. The van der Waals surface area contributed by atoms with E-state index in [4.69, 9.17) is 14.2 Å². The Hall–Kier alpha value is -2.01. The highest BCUT2D eigenvalue weighted by Crippen LogP contribution is 2.40. The second-order valence-corrected chi connectivity index (χ2v) is 4.81. The van der Waals surface area contributed by atoms with Crippen LogP contribution < -0.4 is 14.2 Å². The number of hydrogen-bond acceptors (Lipinski definition) is 5. The summed E-state index contributed by atoms with van der Waals surface area (Å²) in [4.78, 5) is 13.5. The number of carbonyl (C=O) groups excluding carboxylic acids is 1. The van der Waals surface area contributed by atoms with E-state index in [2.05, 4.69) is 25.3 Å². The normalized spacial score (nSPS) is 14.4. The largest absolute Gasteiger partial charge is 0.492 e. The van der Waals surface area contributed by atoms with Crippen molar-refractivity contribution >= 4 is 5.97 Å². The van der Waals surface area contributed by atoms with Gasteiger partial charge in [-0.3, -0.25) is 4.90 Å². The molecule has 0 saturated heterocycles. The quantitative estimate of drug-likeness (QED) is 0.480. The van der Waals surface area contributed by atoms with E-state index >= 15 is 0 Å². The number of esters is 1. The van der Waals surface area contributed by atoms with Crippen molar-refractivity contribution in [2.24, 2.45) is 0 Å². The van der Waals surface area contributed by atoms with Gasteiger partial charge < -0.3 is 14.2 Å². The number of rotatable bonds is 4. The first-order valence-corrected chi connectivity index (χ1v) is 6.47. The molecule has 0 aromatic heterocycles. The van der Waals surface area contributed by atoms with Crippen LogP contribution in [0.5, 0.6) is 17.2 Å². The molecule has 0 aliphatic carbocycles. The monoisotopic (exact) mass is 277 g/mol. The number of fused-ring (bicyclic) bond motifs is 1. The van der Waals surface area contributed by atoms with Crippen molar-refractivity contribution in [2.75, 3.05) is 13.8 Å². The van der Waals surface area contributed by atoms with E-state index in [1.54, 1.807) is 19.2 Å². The molecule has 0 atom stereocenters. The van der Waals surface area contributed by atoms with Gasteiger partial charge in [0.05, 0.1) is 12.7 Å². The van der Waals surface area contributed by atoms with Crippen LogP contribution in [0.1, 0.15) is 19.4 Å². The van der Waals surface area contributed by atoms with Crippen LogP contribution in [0.2, 0.25) is 0 Å². The maximum absolute atomic E-state index is 11.4. The van der Waals surface area contributed by atoms with Crippen molar-refractivity contribution in [3.63, 3.8) is 0 Å². The zero-order valence-corrected chi connectivity index (χ0v) is 12.0. The summed E-state index contributed by atoms with van der Waals surface area (Å²) >= 11 is 0. The van der Waals surface area contributed by atoms with Gasteiger partial charge in [0, 0.05) is 18.7 Å². The molecule has 0 spiro atoms. The van der Waals surface area contributed by atoms with Gasteiger partial charge in [0.1, 0.15) is 12.5 Å². The first-order chi connectivity index (χ1) is 9.56. The lowest BCUT2D eigenvalue weighted by atomic mass is 10.1. The summed E-state index contributed by atoms with van der Waals surface area (Å²) in [5.41, 5.74) is 0.891. The first-order valence-electron chi connectivity index (χ1n) is 6.47. The fraction of sp³-hybridized carbons (Fsp3) is 0.400. The average Bonchev–Trinajstić information content (AvgIpc) is 2.46. The average molecular weight is 277 g/mol. The molecule has 2 rings (SSSR count). The highest BCUT2D eigenvalue weighted by atomic mass is 16.6. The van der Waals surface area contributed by atoms with E-state index in [0.29, 0.717) is 30.8 Å². The number of methoxy groups -OCH3 is 1. The SMILES string of the molecule is C=CC(=O)Oc1ccc2c(c1OC)CN(C(C)C)CO2. The summed E-state index contributed by atoms with van der Waals surface area (Å²) in [6.07, 6.45) is 1.12. The summed E-state index contributed by atoms with van der Waals surface area (Å²) in [7, 11) is 1.55. The Morgan fingerprint density at radius 2 is 2.25 bits per heavy atom. The van der Waals surface area contributed by atoms with Gasteiger partial charge in [-0.15, -0.1) is 0 Å². The van der Waals surface area contributed by atoms with Gasteiger partial charge in [-0.25, -0.2) is 4.79 Å². The van der Waals surface area contributed by atoms with Gasteiger partial charge >= 0.3 is 5.97 Å². The van der Waals surface area contributed by atoms with Crippen LogP contribution in [-0.4, -0.2) is 30.8 Å². The Bertz CT molecular complexity index is 525. The molecular weight excluding hydrogens is 258 g/mol. The van der Waals surface area contributed by atoms with Gasteiger partial charge in [-0.1, -0.05) is 6.58 Å². The van der Waals surface area contributed by atoms with E-state index < -0.39 is 5.97 Å².